The summed E-state index contributed by atoms with van der Waals surface area (Å²) in [6.45, 7) is 10.9. The number of rotatable bonds is 12. The Morgan fingerprint density at radius 1 is 0.917 bits per heavy atom. The van der Waals surface area contributed by atoms with E-state index in [1.807, 2.05) is 20.8 Å². The van der Waals surface area contributed by atoms with Crippen molar-refractivity contribution in [3.8, 4) is 0 Å². The van der Waals surface area contributed by atoms with Crippen molar-refractivity contribution < 1.29 is 32.4 Å². The van der Waals surface area contributed by atoms with Gasteiger partial charge in [-0.2, -0.15) is 4.31 Å². The van der Waals surface area contributed by atoms with Gasteiger partial charge in [0.15, 0.2) is 0 Å². The van der Waals surface area contributed by atoms with Crippen molar-refractivity contribution in [3.63, 3.8) is 0 Å². The number of likely N-dealkylation sites (tertiary alicyclic amines) is 1. The van der Waals surface area contributed by atoms with Crippen LogP contribution in [0.25, 0.3) is 0 Å². The van der Waals surface area contributed by atoms with Crippen molar-refractivity contribution in [2.45, 2.75) is 123 Å². The van der Waals surface area contributed by atoms with Crippen LogP contribution in [0.1, 0.15) is 98.8 Å². The zero-order valence-corrected chi connectivity index (χ0v) is 30.1. The van der Waals surface area contributed by atoms with E-state index >= 15 is 0 Å². The quantitative estimate of drug-likeness (QED) is 0.225. The number of ketones is 1. The largest absolute Gasteiger partial charge is 0.363 e. The van der Waals surface area contributed by atoms with Crippen molar-refractivity contribution >= 4 is 39.6 Å². The Morgan fingerprint density at radius 3 is 2.12 bits per heavy atom. The Bertz CT molecular complexity index is 1380. The van der Waals surface area contributed by atoms with Crippen molar-refractivity contribution in [3.05, 3.63) is 0 Å². The molecule has 2 unspecified atom stereocenters. The first-order chi connectivity index (χ1) is 22.4. The Morgan fingerprint density at radius 2 is 1.58 bits per heavy atom. The minimum absolute atomic E-state index is 0.0858. The number of primary amides is 1. The molecule has 0 aromatic carbocycles. The lowest BCUT2D eigenvalue weighted by Gasteiger charge is -2.38. The molecule has 270 valence electrons. The standard InChI is InChI=1S/C34H56N6O7S/c1-33(2,3)24(19-39-15-10-16-48(39,46)47)37-32(45)38-26(21-13-7-6-8-14-21)31(44)40-18-22-25(34(22,4)5)27(40)30(43)36-23(28(41)29(35)42)17-20-11-9-12-20/h20-27H,6-19H2,1-5H3,(H2,35,42)(H,36,43)(H2,37,38,45)/t22-,23?,24+,25-,26-,27?/m0/s1. The van der Waals surface area contributed by atoms with Crippen molar-refractivity contribution in [1.29, 1.82) is 0 Å². The summed E-state index contributed by atoms with van der Waals surface area (Å²) in [7, 11) is -3.38. The van der Waals surface area contributed by atoms with Gasteiger partial charge < -0.3 is 26.6 Å². The minimum Gasteiger partial charge on any atom is -0.363 e. The van der Waals surface area contributed by atoms with Crippen LogP contribution in [-0.2, 0) is 29.2 Å². The third kappa shape index (κ3) is 7.69. The molecule has 5 aliphatic rings. The molecule has 14 heteroatoms. The number of fused-ring (bicyclic) bond motifs is 1. The van der Waals surface area contributed by atoms with Crippen LogP contribution < -0.4 is 21.7 Å². The van der Waals surface area contributed by atoms with Crippen molar-refractivity contribution in [2.24, 2.45) is 40.2 Å². The molecule has 13 nitrogen and oxygen atoms in total. The molecule has 5 N–H and O–H groups in total. The van der Waals surface area contributed by atoms with E-state index in [1.54, 1.807) is 4.90 Å². The summed E-state index contributed by atoms with van der Waals surface area (Å²) in [4.78, 5) is 68.6. The number of carbonyl (C=O) groups excluding carboxylic acids is 5. The van der Waals surface area contributed by atoms with Gasteiger partial charge in [0.2, 0.25) is 27.6 Å². The van der Waals surface area contributed by atoms with E-state index in [9.17, 15) is 32.4 Å². The average molecular weight is 693 g/mol. The van der Waals surface area contributed by atoms with Crippen LogP contribution >= 0.6 is 0 Å². The number of urea groups is 1. The maximum atomic E-state index is 14.6. The van der Waals surface area contributed by atoms with E-state index < -0.39 is 63.2 Å². The molecular weight excluding hydrogens is 636 g/mol. The number of Topliss-reactive ketones (excluding diaryl/α,β-unsaturated/α-hetero) is 1. The van der Waals surface area contributed by atoms with E-state index in [2.05, 4.69) is 29.8 Å². The molecule has 5 amide bonds. The van der Waals surface area contributed by atoms with Gasteiger partial charge in [0.05, 0.1) is 11.8 Å². The Hall–Kier alpha value is -2.74. The summed E-state index contributed by atoms with van der Waals surface area (Å²) in [5, 5.41) is 8.80. The summed E-state index contributed by atoms with van der Waals surface area (Å²) in [5.74, 6) is -2.55. The molecule has 0 radical (unpaired) electrons. The fourth-order valence-corrected chi connectivity index (χ4v) is 10.1. The topological polar surface area (TPSA) is 188 Å². The molecule has 5 fully saturated rings. The molecule has 48 heavy (non-hydrogen) atoms. The van der Waals surface area contributed by atoms with Gasteiger partial charge in [0.1, 0.15) is 12.1 Å². The first-order valence-electron chi connectivity index (χ1n) is 17.9. The van der Waals surface area contributed by atoms with E-state index in [-0.39, 0.29) is 47.3 Å². The molecular formula is C34H56N6O7S. The average Bonchev–Trinajstić information content (AvgIpc) is 3.28. The van der Waals surface area contributed by atoms with Crippen LogP contribution in [0.4, 0.5) is 4.79 Å². The highest BCUT2D eigenvalue weighted by Crippen LogP contribution is 2.65. The molecule has 5 rings (SSSR count). The van der Waals surface area contributed by atoms with Crippen LogP contribution in [0.3, 0.4) is 0 Å². The maximum absolute atomic E-state index is 14.6. The van der Waals surface area contributed by atoms with Crippen LogP contribution in [0.5, 0.6) is 0 Å². The smallest absolute Gasteiger partial charge is 0.315 e. The van der Waals surface area contributed by atoms with Gasteiger partial charge in [-0.25, -0.2) is 13.2 Å². The lowest BCUT2D eigenvalue weighted by molar-refractivity contribution is -0.144. The van der Waals surface area contributed by atoms with Gasteiger partial charge >= 0.3 is 6.03 Å². The zero-order chi connectivity index (χ0) is 35.2. The summed E-state index contributed by atoms with van der Waals surface area (Å²) in [6.07, 6.45) is 8.17. The minimum atomic E-state index is -3.38. The van der Waals surface area contributed by atoms with Crippen molar-refractivity contribution in [2.75, 3.05) is 25.4 Å². The third-order valence-electron chi connectivity index (χ3n) is 12.0. The summed E-state index contributed by atoms with van der Waals surface area (Å²) in [6, 6.07) is -3.82. The number of amides is 5. The number of nitrogens with two attached hydrogens (primary N) is 1. The molecule has 6 atom stereocenters. The number of nitrogens with zero attached hydrogens (tertiary/aromatic N) is 2. The van der Waals surface area contributed by atoms with Crippen LogP contribution in [-0.4, -0.2) is 96.7 Å². The zero-order valence-electron chi connectivity index (χ0n) is 29.3. The third-order valence-corrected chi connectivity index (χ3v) is 14.0. The van der Waals surface area contributed by atoms with Gasteiger partial charge in [-0.15, -0.1) is 0 Å². The Kier molecular flexibility index (Phi) is 10.6. The first-order valence-corrected chi connectivity index (χ1v) is 19.5. The monoisotopic (exact) mass is 692 g/mol. The van der Waals surface area contributed by atoms with E-state index in [1.165, 1.54) is 4.31 Å². The first kappa shape index (κ1) is 36.5. The van der Waals surface area contributed by atoms with Crippen LogP contribution in [0.2, 0.25) is 0 Å². The predicted molar refractivity (Wildman–Crippen MR) is 180 cm³/mol. The second kappa shape index (κ2) is 13.9. The Labute approximate surface area is 285 Å². The highest BCUT2D eigenvalue weighted by molar-refractivity contribution is 7.89. The highest BCUT2D eigenvalue weighted by atomic mass is 32.2. The predicted octanol–water partition coefficient (Wildman–Crippen LogP) is 1.90. The molecule has 2 aliphatic heterocycles. The molecule has 0 aromatic heterocycles. The van der Waals surface area contributed by atoms with E-state index in [0.29, 0.717) is 25.9 Å². The molecule has 0 spiro atoms. The lowest BCUT2D eigenvalue weighted by Crippen LogP contribution is -2.61. The highest BCUT2D eigenvalue weighted by Gasteiger charge is 2.69. The molecule has 0 aromatic rings. The number of hydrogen-bond donors (Lipinski definition) is 4. The lowest BCUT2D eigenvalue weighted by atomic mass is 9.80. The van der Waals surface area contributed by atoms with E-state index in [0.717, 1.165) is 51.4 Å². The molecule has 2 heterocycles. The van der Waals surface area contributed by atoms with Crippen molar-refractivity contribution in [1.82, 2.24) is 25.2 Å². The van der Waals surface area contributed by atoms with Gasteiger partial charge in [0.25, 0.3) is 5.91 Å². The van der Waals surface area contributed by atoms with Gasteiger partial charge in [0, 0.05) is 25.7 Å². The van der Waals surface area contributed by atoms with Gasteiger partial charge in [-0.05, 0) is 60.2 Å². The SMILES string of the molecule is CC(C)(C)[C@@H](CN1CCCS1(=O)=O)NC(=O)N[C@H](C(=O)N1C[C@H]2[C@@H](C1C(=O)NC(CC1CCC1)C(=O)C(N)=O)C2(C)C)C1CCCCC1. The summed E-state index contributed by atoms with van der Waals surface area (Å²) >= 11 is 0. The van der Waals surface area contributed by atoms with Gasteiger partial charge in [-0.3, -0.25) is 19.2 Å². The number of nitrogens with one attached hydrogen (secondary N) is 3. The van der Waals surface area contributed by atoms with Crippen LogP contribution in [0.15, 0.2) is 0 Å². The fourth-order valence-electron chi connectivity index (χ4n) is 8.54. The van der Waals surface area contributed by atoms with E-state index in [4.69, 9.17) is 5.73 Å². The number of sulfonamides is 1. The summed E-state index contributed by atoms with van der Waals surface area (Å²) < 4.78 is 26.6. The number of piperidine rings is 1. The Balaban J connectivity index is 1.35. The number of hydrogen-bond acceptors (Lipinski definition) is 7. The molecule has 0 bridgehead atoms. The molecule has 2 saturated heterocycles. The molecule has 3 saturated carbocycles. The second-order valence-electron chi connectivity index (χ2n) is 16.7. The summed E-state index contributed by atoms with van der Waals surface area (Å²) in [5.41, 5.74) is 4.71. The second-order valence-corrected chi connectivity index (χ2v) is 18.7. The normalized spacial score (nSPS) is 28.8. The maximum Gasteiger partial charge on any atom is 0.315 e. The number of carbonyl (C=O) groups is 5. The van der Waals surface area contributed by atoms with Gasteiger partial charge in [-0.1, -0.05) is 73.1 Å². The van der Waals surface area contributed by atoms with Crippen LogP contribution in [0, 0.1) is 34.5 Å². The fraction of sp³-hybridized carbons (Fsp3) is 0.853. The molecule has 3 aliphatic carbocycles.